The number of dihydropyridines is 1. The number of non-ortho nitro benzene ring substituents is 1. The zero-order chi connectivity index (χ0) is 29.6. The van der Waals surface area contributed by atoms with E-state index in [0.29, 0.717) is 36.5 Å². The fourth-order valence-corrected chi connectivity index (χ4v) is 5.27. The number of nitro benzene ring substituents is 1. The molecule has 1 N–H and O–H groups in total. The number of methoxy groups -OCH3 is 1. The van der Waals surface area contributed by atoms with Gasteiger partial charge in [-0.3, -0.25) is 10.1 Å². The highest BCUT2D eigenvalue weighted by Crippen LogP contribution is 2.40. The summed E-state index contributed by atoms with van der Waals surface area (Å²) in [7, 11) is 3.18. The van der Waals surface area contributed by atoms with Crippen LogP contribution in [-0.2, 0) is 19.1 Å². The molecule has 0 spiro atoms. The van der Waals surface area contributed by atoms with E-state index in [2.05, 4.69) is 5.32 Å². The summed E-state index contributed by atoms with van der Waals surface area (Å²) in [6, 6.07) is 15.7. The maximum atomic E-state index is 13.8. The van der Waals surface area contributed by atoms with Crippen molar-refractivity contribution in [2.45, 2.75) is 51.0 Å². The summed E-state index contributed by atoms with van der Waals surface area (Å²) in [6.07, 6.45) is 0.710. The average molecular weight is 570 g/mol. The van der Waals surface area contributed by atoms with Crippen molar-refractivity contribution in [3.05, 3.63) is 98.4 Å². The lowest BCUT2D eigenvalue weighted by molar-refractivity contribution is -0.384. The van der Waals surface area contributed by atoms with E-state index >= 15 is 0 Å². The Morgan fingerprint density at radius 1 is 1.07 bits per heavy atom. The van der Waals surface area contributed by atoms with E-state index in [4.69, 9.17) is 21.1 Å². The van der Waals surface area contributed by atoms with Gasteiger partial charge in [-0.1, -0.05) is 42.5 Å². The van der Waals surface area contributed by atoms with Crippen LogP contribution in [0.25, 0.3) is 0 Å². The molecule has 0 aromatic heterocycles. The predicted octanol–water partition coefficient (Wildman–Crippen LogP) is 5.63. The van der Waals surface area contributed by atoms with Crippen LogP contribution in [-0.4, -0.2) is 54.6 Å². The van der Waals surface area contributed by atoms with E-state index in [1.165, 1.54) is 25.3 Å². The third-order valence-corrected chi connectivity index (χ3v) is 7.22. The van der Waals surface area contributed by atoms with Crippen molar-refractivity contribution < 1.29 is 24.0 Å². The number of carbonyl (C=O) groups is 2. The Hall–Kier alpha value is -3.69. The Bertz CT molecular complexity index is 1320. The highest BCUT2D eigenvalue weighted by molar-refractivity contribution is 6.20. The Labute approximate surface area is 239 Å². The van der Waals surface area contributed by atoms with Gasteiger partial charge in [-0.25, -0.2) is 9.59 Å². The van der Waals surface area contributed by atoms with Crippen LogP contribution in [0.2, 0.25) is 0 Å². The zero-order valence-electron chi connectivity index (χ0n) is 23.7. The number of hydrogen-bond donors (Lipinski definition) is 1. The maximum absolute atomic E-state index is 13.8. The molecular weight excluding hydrogens is 534 g/mol. The van der Waals surface area contributed by atoms with Gasteiger partial charge in [0.25, 0.3) is 5.69 Å². The maximum Gasteiger partial charge on any atom is 0.337 e. The van der Waals surface area contributed by atoms with Crippen molar-refractivity contribution in [3.63, 3.8) is 0 Å². The first-order valence-electron chi connectivity index (χ1n) is 13.0. The molecule has 0 aliphatic carbocycles. The minimum atomic E-state index is -0.919. The molecular formula is C30H36ClN3O6. The summed E-state index contributed by atoms with van der Waals surface area (Å²) in [5.74, 6) is -2.20. The van der Waals surface area contributed by atoms with Gasteiger partial charge in [0.15, 0.2) is 0 Å². The van der Waals surface area contributed by atoms with Crippen molar-refractivity contribution in [1.82, 2.24) is 10.2 Å². The highest BCUT2D eigenvalue weighted by atomic mass is 35.5. The molecule has 9 nitrogen and oxygen atoms in total. The molecule has 1 aliphatic heterocycles. The first-order chi connectivity index (χ1) is 18.8. The third-order valence-electron chi connectivity index (χ3n) is 6.75. The first kappa shape index (κ1) is 30.8. The number of esters is 2. The predicted molar refractivity (Wildman–Crippen MR) is 154 cm³/mol. The van der Waals surface area contributed by atoms with Crippen molar-refractivity contribution >= 4 is 29.2 Å². The molecule has 3 rings (SSSR count). The zero-order valence-corrected chi connectivity index (χ0v) is 24.4. The summed E-state index contributed by atoms with van der Waals surface area (Å²) in [5.41, 5.74) is 1.75. The lowest BCUT2D eigenvalue weighted by Crippen LogP contribution is -2.42. The Kier molecular flexibility index (Phi) is 10.1. The molecule has 0 saturated heterocycles. The number of nitro groups is 1. The van der Waals surface area contributed by atoms with Crippen LogP contribution < -0.4 is 5.32 Å². The van der Waals surface area contributed by atoms with E-state index in [1.807, 2.05) is 56.1 Å². The average Bonchev–Trinajstić information content (AvgIpc) is 2.90. The molecule has 214 valence electrons. The number of rotatable bonds is 11. The molecule has 40 heavy (non-hydrogen) atoms. The van der Waals surface area contributed by atoms with Gasteiger partial charge in [-0.15, -0.1) is 11.6 Å². The first-order valence-corrected chi connectivity index (χ1v) is 13.4. The van der Waals surface area contributed by atoms with Crippen LogP contribution in [0.5, 0.6) is 0 Å². The number of halogens is 1. The largest absolute Gasteiger partial charge is 0.466 e. The quantitative estimate of drug-likeness (QED) is 0.160. The minimum Gasteiger partial charge on any atom is -0.466 e. The van der Waals surface area contributed by atoms with Gasteiger partial charge < -0.3 is 19.7 Å². The van der Waals surface area contributed by atoms with Gasteiger partial charge in [-0.2, -0.15) is 0 Å². The Morgan fingerprint density at radius 2 is 1.70 bits per heavy atom. The standard InChI is InChI=1S/C30H36ClN3O6/c1-19-25(28(35)39-6)27(22-13-10-14-23(17-22)34(37)38)26(20(2)32-19)29(36)40-30(3,4)18-33(5)16-15-24(31)21-11-8-7-9-12-21/h7-14,17,24,27,32H,15-16,18H2,1-6H3. The number of carbonyl (C=O) groups excluding carboxylic acids is 2. The number of ether oxygens (including phenoxy) is 2. The second-order valence-corrected chi connectivity index (χ2v) is 11.1. The van der Waals surface area contributed by atoms with Crippen molar-refractivity contribution in [2.75, 3.05) is 27.2 Å². The molecule has 10 heteroatoms. The number of nitrogens with one attached hydrogen (secondary N) is 1. The van der Waals surface area contributed by atoms with E-state index < -0.39 is 28.4 Å². The van der Waals surface area contributed by atoms with E-state index in [9.17, 15) is 19.7 Å². The van der Waals surface area contributed by atoms with E-state index in [1.54, 1.807) is 19.9 Å². The van der Waals surface area contributed by atoms with Crippen LogP contribution in [0.15, 0.2) is 77.1 Å². The van der Waals surface area contributed by atoms with Crippen LogP contribution in [0.1, 0.15) is 56.5 Å². The molecule has 1 heterocycles. The smallest absolute Gasteiger partial charge is 0.337 e. The summed E-state index contributed by atoms with van der Waals surface area (Å²) in [4.78, 5) is 39.6. The molecule has 2 unspecified atom stereocenters. The molecule has 0 fully saturated rings. The van der Waals surface area contributed by atoms with Gasteiger partial charge in [-0.05, 0) is 58.8 Å². The summed E-state index contributed by atoms with van der Waals surface area (Å²) < 4.78 is 11.0. The molecule has 2 aromatic rings. The molecule has 0 radical (unpaired) electrons. The van der Waals surface area contributed by atoms with Crippen molar-refractivity contribution in [1.29, 1.82) is 0 Å². The molecule has 0 bridgehead atoms. The monoisotopic (exact) mass is 569 g/mol. The lowest BCUT2D eigenvalue weighted by atomic mass is 9.80. The Morgan fingerprint density at radius 3 is 2.30 bits per heavy atom. The van der Waals surface area contributed by atoms with Gasteiger partial charge in [0.05, 0.1) is 34.5 Å². The number of benzene rings is 2. The van der Waals surface area contributed by atoms with Crippen LogP contribution >= 0.6 is 11.6 Å². The Balaban J connectivity index is 1.83. The number of hydrogen-bond acceptors (Lipinski definition) is 8. The van der Waals surface area contributed by atoms with E-state index in [0.717, 1.165) is 5.56 Å². The highest BCUT2D eigenvalue weighted by Gasteiger charge is 2.40. The summed E-state index contributed by atoms with van der Waals surface area (Å²) in [5, 5.41) is 14.4. The second-order valence-electron chi connectivity index (χ2n) is 10.5. The van der Waals surface area contributed by atoms with Gasteiger partial charge in [0, 0.05) is 30.1 Å². The SMILES string of the molecule is COC(=O)C1=C(C)NC(C)=C(C(=O)OC(C)(C)CN(C)CCC(Cl)c2ccccc2)C1c1cccc([N+](=O)[O-])c1. The van der Waals surface area contributed by atoms with Crippen molar-refractivity contribution in [2.24, 2.45) is 0 Å². The third kappa shape index (κ3) is 7.49. The number of alkyl halides is 1. The summed E-state index contributed by atoms with van der Waals surface area (Å²) >= 11 is 6.58. The van der Waals surface area contributed by atoms with Gasteiger partial charge in [0.2, 0.25) is 0 Å². The molecule has 2 atom stereocenters. The molecule has 0 saturated carbocycles. The van der Waals surface area contributed by atoms with Gasteiger partial charge in [0.1, 0.15) is 5.60 Å². The summed E-state index contributed by atoms with van der Waals surface area (Å²) in [6.45, 7) is 8.14. The number of likely N-dealkylation sites (N-methyl/N-ethyl adjacent to an activating group) is 1. The number of nitrogens with zero attached hydrogens (tertiary/aromatic N) is 2. The van der Waals surface area contributed by atoms with Gasteiger partial charge >= 0.3 is 11.9 Å². The lowest BCUT2D eigenvalue weighted by Gasteiger charge is -2.34. The fraction of sp³-hybridized carbons (Fsp3) is 0.400. The van der Waals surface area contributed by atoms with Crippen molar-refractivity contribution in [3.8, 4) is 0 Å². The molecule has 2 aromatic carbocycles. The van der Waals surface area contributed by atoms with E-state index in [-0.39, 0.29) is 22.2 Å². The molecule has 1 aliphatic rings. The topological polar surface area (TPSA) is 111 Å². The normalized spacial score (nSPS) is 16.4. The minimum absolute atomic E-state index is 0.141. The molecule has 0 amide bonds. The van der Waals surface area contributed by atoms with Crippen LogP contribution in [0.4, 0.5) is 5.69 Å². The van der Waals surface area contributed by atoms with Crippen LogP contribution in [0, 0.1) is 10.1 Å². The number of allylic oxidation sites excluding steroid dienone is 2. The fourth-order valence-electron chi connectivity index (χ4n) is 5.03. The van der Waals surface area contributed by atoms with Crippen LogP contribution in [0.3, 0.4) is 0 Å². The second kappa shape index (κ2) is 13.1.